The number of ether oxygens (including phenoxy) is 1. The Labute approximate surface area is 74.1 Å². The summed E-state index contributed by atoms with van der Waals surface area (Å²) in [4.78, 5) is 2.49. The Bertz CT molecular complexity index is 145. The van der Waals surface area contributed by atoms with E-state index in [1.165, 1.54) is 12.8 Å². The highest BCUT2D eigenvalue weighted by Crippen LogP contribution is 2.19. The average Bonchev–Trinajstić information content (AvgIpc) is 2.57. The van der Waals surface area contributed by atoms with Gasteiger partial charge in [-0.2, -0.15) is 0 Å². The predicted octanol–water partition coefficient (Wildman–Crippen LogP) is 0.417. The third kappa shape index (κ3) is 1.63. The molecule has 0 aromatic rings. The van der Waals surface area contributed by atoms with Gasteiger partial charge in [0, 0.05) is 32.3 Å². The molecule has 2 atom stereocenters. The monoisotopic (exact) mass is 170 g/mol. The summed E-state index contributed by atoms with van der Waals surface area (Å²) in [6.07, 6.45) is 2.88. The molecule has 3 nitrogen and oxygen atoms in total. The van der Waals surface area contributed by atoms with Gasteiger partial charge in [0.05, 0.1) is 0 Å². The van der Waals surface area contributed by atoms with Crippen LogP contribution in [0.1, 0.15) is 19.8 Å². The van der Waals surface area contributed by atoms with Gasteiger partial charge in [0.25, 0.3) is 0 Å². The number of nitrogens with zero attached hydrogens (tertiary/aromatic N) is 1. The van der Waals surface area contributed by atoms with Crippen LogP contribution in [0, 0.1) is 0 Å². The lowest BCUT2D eigenvalue weighted by Crippen LogP contribution is -2.53. The Balaban J connectivity index is 1.91. The molecular formula is C9H18N2O. The van der Waals surface area contributed by atoms with Crippen LogP contribution in [0.5, 0.6) is 0 Å². The summed E-state index contributed by atoms with van der Waals surface area (Å²) in [6.45, 7) is 6.60. The maximum atomic E-state index is 5.66. The molecule has 3 heteroatoms. The van der Waals surface area contributed by atoms with Crippen LogP contribution in [-0.2, 0) is 4.74 Å². The van der Waals surface area contributed by atoms with Crippen molar-refractivity contribution in [2.45, 2.75) is 32.0 Å². The van der Waals surface area contributed by atoms with E-state index in [-0.39, 0.29) is 0 Å². The van der Waals surface area contributed by atoms with Gasteiger partial charge in [0.2, 0.25) is 0 Å². The lowest BCUT2D eigenvalue weighted by Gasteiger charge is -2.37. The minimum Gasteiger partial charge on any atom is -0.363 e. The van der Waals surface area contributed by atoms with E-state index < -0.39 is 0 Å². The van der Waals surface area contributed by atoms with Gasteiger partial charge in [-0.3, -0.25) is 4.90 Å². The fourth-order valence-corrected chi connectivity index (χ4v) is 2.11. The molecule has 0 radical (unpaired) electrons. The van der Waals surface area contributed by atoms with Crippen LogP contribution in [0.25, 0.3) is 0 Å². The standard InChI is InChI=1S/C9H18N2O/c1-8-7-10-4-5-11(8)9-3-2-6-12-9/h8-10H,2-7H2,1H3. The third-order valence-corrected chi connectivity index (χ3v) is 2.83. The maximum Gasteiger partial charge on any atom is 0.111 e. The van der Waals surface area contributed by atoms with Crippen LogP contribution in [0.3, 0.4) is 0 Å². The first-order valence-electron chi connectivity index (χ1n) is 4.96. The highest BCUT2D eigenvalue weighted by molar-refractivity contribution is 4.80. The molecule has 2 heterocycles. The molecule has 0 amide bonds. The summed E-state index contributed by atoms with van der Waals surface area (Å²) in [7, 11) is 0. The van der Waals surface area contributed by atoms with Crippen molar-refractivity contribution in [1.29, 1.82) is 0 Å². The number of hydrogen-bond acceptors (Lipinski definition) is 3. The Morgan fingerprint density at radius 1 is 1.50 bits per heavy atom. The summed E-state index contributed by atoms with van der Waals surface area (Å²) < 4.78 is 5.66. The van der Waals surface area contributed by atoms with E-state index in [2.05, 4.69) is 17.1 Å². The van der Waals surface area contributed by atoms with Crippen molar-refractivity contribution >= 4 is 0 Å². The first kappa shape index (κ1) is 8.48. The van der Waals surface area contributed by atoms with Gasteiger partial charge in [-0.25, -0.2) is 0 Å². The largest absolute Gasteiger partial charge is 0.363 e. The molecule has 2 aliphatic heterocycles. The zero-order valence-corrected chi connectivity index (χ0v) is 7.75. The van der Waals surface area contributed by atoms with Crippen LogP contribution in [0.15, 0.2) is 0 Å². The summed E-state index contributed by atoms with van der Waals surface area (Å²) in [5.74, 6) is 0. The molecule has 2 rings (SSSR count). The van der Waals surface area contributed by atoms with Crippen molar-refractivity contribution < 1.29 is 4.74 Å². The molecular weight excluding hydrogens is 152 g/mol. The molecule has 0 aliphatic carbocycles. The summed E-state index contributed by atoms with van der Waals surface area (Å²) >= 11 is 0. The molecule has 0 spiro atoms. The third-order valence-electron chi connectivity index (χ3n) is 2.83. The van der Waals surface area contributed by atoms with Crippen molar-refractivity contribution in [3.05, 3.63) is 0 Å². The summed E-state index contributed by atoms with van der Waals surface area (Å²) in [5, 5.41) is 3.39. The van der Waals surface area contributed by atoms with Crippen molar-refractivity contribution in [2.24, 2.45) is 0 Å². The van der Waals surface area contributed by atoms with E-state index in [9.17, 15) is 0 Å². The topological polar surface area (TPSA) is 24.5 Å². The van der Waals surface area contributed by atoms with Gasteiger partial charge in [-0.15, -0.1) is 0 Å². The van der Waals surface area contributed by atoms with E-state index >= 15 is 0 Å². The minimum absolute atomic E-state index is 0.419. The first-order valence-corrected chi connectivity index (χ1v) is 4.96. The molecule has 2 aliphatic rings. The van der Waals surface area contributed by atoms with Crippen molar-refractivity contribution in [3.8, 4) is 0 Å². The second kappa shape index (κ2) is 3.73. The molecule has 12 heavy (non-hydrogen) atoms. The van der Waals surface area contributed by atoms with Gasteiger partial charge in [-0.05, 0) is 19.8 Å². The zero-order valence-electron chi connectivity index (χ0n) is 7.75. The quantitative estimate of drug-likeness (QED) is 0.617. The van der Waals surface area contributed by atoms with E-state index in [1.54, 1.807) is 0 Å². The van der Waals surface area contributed by atoms with Crippen LogP contribution >= 0.6 is 0 Å². The SMILES string of the molecule is CC1CNCCN1C1CCCO1. The van der Waals surface area contributed by atoms with E-state index in [0.717, 1.165) is 26.2 Å². The molecule has 0 aromatic carbocycles. The molecule has 2 unspecified atom stereocenters. The Kier molecular flexibility index (Phi) is 2.63. The molecule has 70 valence electrons. The lowest BCUT2D eigenvalue weighted by molar-refractivity contribution is -0.0474. The van der Waals surface area contributed by atoms with Crippen LogP contribution in [0.2, 0.25) is 0 Å². The molecule has 2 saturated heterocycles. The highest BCUT2D eigenvalue weighted by Gasteiger charge is 2.28. The normalized spacial score (nSPS) is 38.8. The molecule has 2 fully saturated rings. The molecule has 0 bridgehead atoms. The number of rotatable bonds is 1. The smallest absolute Gasteiger partial charge is 0.111 e. The van der Waals surface area contributed by atoms with Gasteiger partial charge < -0.3 is 10.1 Å². The maximum absolute atomic E-state index is 5.66. The van der Waals surface area contributed by atoms with Gasteiger partial charge in [-0.1, -0.05) is 0 Å². The Morgan fingerprint density at radius 2 is 2.42 bits per heavy atom. The van der Waals surface area contributed by atoms with Gasteiger partial charge >= 0.3 is 0 Å². The fourth-order valence-electron chi connectivity index (χ4n) is 2.11. The number of nitrogens with one attached hydrogen (secondary N) is 1. The average molecular weight is 170 g/mol. The Morgan fingerprint density at radius 3 is 3.08 bits per heavy atom. The minimum atomic E-state index is 0.419. The molecule has 0 aromatic heterocycles. The van der Waals surface area contributed by atoms with Crippen molar-refractivity contribution in [2.75, 3.05) is 26.2 Å². The van der Waals surface area contributed by atoms with E-state index in [4.69, 9.17) is 4.74 Å². The summed E-state index contributed by atoms with van der Waals surface area (Å²) in [6, 6.07) is 0.641. The van der Waals surface area contributed by atoms with Gasteiger partial charge in [0.1, 0.15) is 6.23 Å². The van der Waals surface area contributed by atoms with Crippen LogP contribution in [-0.4, -0.2) is 43.4 Å². The van der Waals surface area contributed by atoms with Crippen molar-refractivity contribution in [1.82, 2.24) is 10.2 Å². The lowest BCUT2D eigenvalue weighted by atomic mass is 10.2. The van der Waals surface area contributed by atoms with Gasteiger partial charge in [0.15, 0.2) is 0 Å². The first-order chi connectivity index (χ1) is 5.88. The van der Waals surface area contributed by atoms with Crippen LogP contribution in [0.4, 0.5) is 0 Å². The fraction of sp³-hybridized carbons (Fsp3) is 1.00. The highest BCUT2D eigenvalue weighted by atomic mass is 16.5. The predicted molar refractivity (Wildman–Crippen MR) is 48.0 cm³/mol. The molecule has 1 N–H and O–H groups in total. The van der Waals surface area contributed by atoms with Crippen molar-refractivity contribution in [3.63, 3.8) is 0 Å². The van der Waals surface area contributed by atoms with E-state index in [0.29, 0.717) is 12.3 Å². The summed E-state index contributed by atoms with van der Waals surface area (Å²) in [5.41, 5.74) is 0. The van der Waals surface area contributed by atoms with E-state index in [1.807, 2.05) is 0 Å². The second-order valence-corrected chi connectivity index (χ2v) is 3.76. The molecule has 0 saturated carbocycles. The number of piperazine rings is 1. The zero-order chi connectivity index (χ0) is 8.39. The second-order valence-electron chi connectivity index (χ2n) is 3.76. The number of hydrogen-bond donors (Lipinski definition) is 1. The van der Waals surface area contributed by atoms with Crippen LogP contribution < -0.4 is 5.32 Å². The Hall–Kier alpha value is -0.120.